The molecular weight excluding hydrogens is 352 g/mol. The predicted molar refractivity (Wildman–Crippen MR) is 84.3 cm³/mol. The van der Waals surface area contributed by atoms with Crippen molar-refractivity contribution in [1.29, 1.82) is 0 Å². The summed E-state index contributed by atoms with van der Waals surface area (Å²) in [6.45, 7) is 0.750. The molecule has 1 rings (SSSR count). The summed E-state index contributed by atoms with van der Waals surface area (Å²) >= 11 is 0. The van der Waals surface area contributed by atoms with E-state index in [1.165, 1.54) is 6.92 Å². The second-order valence-electron chi connectivity index (χ2n) is 5.50. The van der Waals surface area contributed by atoms with E-state index in [1.54, 1.807) is 0 Å². The molecule has 1 aromatic heterocycles. The fourth-order valence-electron chi connectivity index (χ4n) is 1.89. The molecule has 0 saturated heterocycles. The van der Waals surface area contributed by atoms with Crippen LogP contribution < -0.4 is 22.1 Å². The Bertz CT molecular complexity index is 634. The first-order chi connectivity index (χ1) is 12.1. The van der Waals surface area contributed by atoms with Gasteiger partial charge in [-0.3, -0.25) is 4.79 Å². The first-order valence-electron chi connectivity index (χ1n) is 7.61. The van der Waals surface area contributed by atoms with E-state index in [4.69, 9.17) is 26.1 Å². The van der Waals surface area contributed by atoms with Crippen molar-refractivity contribution in [2.75, 3.05) is 6.61 Å². The van der Waals surface area contributed by atoms with Gasteiger partial charge in [-0.1, -0.05) is 0 Å². The van der Waals surface area contributed by atoms with Gasteiger partial charge in [-0.15, -0.1) is 10.2 Å². The number of hydrogen-bond acceptors (Lipinski definition) is 9. The van der Waals surface area contributed by atoms with Crippen molar-refractivity contribution in [3.63, 3.8) is 0 Å². The SMILES string of the molecule is CC(O)C(NC(=O)NC(CCC(N)=O)c1nnc(C(N)CO)o1)C(=O)O. The van der Waals surface area contributed by atoms with Crippen molar-refractivity contribution in [3.8, 4) is 0 Å². The minimum absolute atomic E-state index is 0.00876. The van der Waals surface area contributed by atoms with E-state index in [0.29, 0.717) is 0 Å². The number of amides is 3. The Kier molecular flexibility index (Phi) is 7.89. The molecule has 9 N–H and O–H groups in total. The fourth-order valence-corrected chi connectivity index (χ4v) is 1.89. The minimum Gasteiger partial charge on any atom is -0.480 e. The van der Waals surface area contributed by atoms with Gasteiger partial charge in [0.05, 0.1) is 12.7 Å². The van der Waals surface area contributed by atoms with Gasteiger partial charge in [0, 0.05) is 6.42 Å². The molecule has 0 saturated carbocycles. The molecule has 4 unspecified atom stereocenters. The molecule has 0 aliphatic carbocycles. The second-order valence-corrected chi connectivity index (χ2v) is 5.50. The lowest BCUT2D eigenvalue weighted by Gasteiger charge is -2.20. The zero-order valence-electron chi connectivity index (χ0n) is 14.0. The summed E-state index contributed by atoms with van der Waals surface area (Å²) < 4.78 is 5.26. The highest BCUT2D eigenvalue weighted by Gasteiger charge is 2.28. The normalized spacial score (nSPS) is 15.5. The number of rotatable bonds is 10. The van der Waals surface area contributed by atoms with E-state index in [1.807, 2.05) is 0 Å². The number of nitrogens with two attached hydrogens (primary N) is 2. The number of carbonyl (C=O) groups is 3. The molecule has 0 aliphatic heterocycles. The Labute approximate surface area is 147 Å². The Morgan fingerprint density at radius 1 is 1.23 bits per heavy atom. The van der Waals surface area contributed by atoms with E-state index in [9.17, 15) is 19.5 Å². The van der Waals surface area contributed by atoms with E-state index < -0.39 is 48.7 Å². The van der Waals surface area contributed by atoms with E-state index in [0.717, 1.165) is 0 Å². The van der Waals surface area contributed by atoms with Gasteiger partial charge >= 0.3 is 12.0 Å². The molecule has 13 heteroatoms. The average molecular weight is 374 g/mol. The van der Waals surface area contributed by atoms with Gasteiger partial charge in [0.25, 0.3) is 0 Å². The fraction of sp³-hybridized carbons (Fsp3) is 0.615. The standard InChI is InChI=1S/C13H22N6O7/c1-5(21)9(12(23)24)17-13(25)16-7(2-3-8(15)22)11-19-18-10(26-11)6(14)4-20/h5-7,9,20-21H,2-4,14H2,1H3,(H2,15,22)(H,23,24)(H2,16,17,25). The number of aliphatic hydroxyl groups excluding tert-OH is 2. The van der Waals surface area contributed by atoms with Gasteiger partial charge in [0.2, 0.25) is 17.7 Å². The molecule has 0 spiro atoms. The van der Waals surface area contributed by atoms with E-state index in [-0.39, 0.29) is 24.6 Å². The van der Waals surface area contributed by atoms with Crippen LogP contribution in [-0.2, 0) is 9.59 Å². The minimum atomic E-state index is -1.55. The maximum Gasteiger partial charge on any atom is 0.328 e. The number of urea groups is 1. The molecule has 0 aromatic carbocycles. The smallest absolute Gasteiger partial charge is 0.328 e. The molecule has 1 heterocycles. The first kappa shape index (κ1) is 21.3. The third-order valence-electron chi connectivity index (χ3n) is 3.29. The van der Waals surface area contributed by atoms with Crippen LogP contribution in [0.25, 0.3) is 0 Å². The number of carbonyl (C=O) groups excluding carboxylic acids is 2. The molecular formula is C13H22N6O7. The molecule has 3 amide bonds. The van der Waals surface area contributed by atoms with E-state index in [2.05, 4.69) is 20.8 Å². The largest absolute Gasteiger partial charge is 0.480 e. The molecule has 0 fully saturated rings. The molecule has 0 bridgehead atoms. The van der Waals surface area contributed by atoms with Crippen LogP contribution in [0.2, 0.25) is 0 Å². The molecule has 0 aliphatic rings. The molecule has 1 aromatic rings. The zero-order chi connectivity index (χ0) is 19.9. The number of aliphatic carboxylic acids is 1. The third-order valence-corrected chi connectivity index (χ3v) is 3.29. The van der Waals surface area contributed by atoms with Crippen LogP contribution in [0, 0.1) is 0 Å². The highest BCUT2D eigenvalue weighted by molar-refractivity contribution is 5.83. The Morgan fingerprint density at radius 3 is 2.35 bits per heavy atom. The summed E-state index contributed by atoms with van der Waals surface area (Å²) in [5.41, 5.74) is 10.6. The van der Waals surface area contributed by atoms with Gasteiger partial charge in [-0.25, -0.2) is 9.59 Å². The van der Waals surface area contributed by atoms with Gasteiger partial charge in [-0.05, 0) is 13.3 Å². The predicted octanol–water partition coefficient (Wildman–Crippen LogP) is -2.50. The van der Waals surface area contributed by atoms with Gasteiger partial charge in [0.1, 0.15) is 12.1 Å². The first-order valence-corrected chi connectivity index (χ1v) is 7.61. The number of carboxylic acids is 1. The topological polar surface area (TPSA) is 227 Å². The molecule has 146 valence electrons. The zero-order valence-corrected chi connectivity index (χ0v) is 14.0. The number of hydrogen-bond donors (Lipinski definition) is 7. The quantitative estimate of drug-likeness (QED) is 0.228. The number of aromatic nitrogens is 2. The lowest BCUT2D eigenvalue weighted by molar-refractivity contribution is -0.141. The summed E-state index contributed by atoms with van der Waals surface area (Å²) in [6.07, 6.45) is -1.49. The van der Waals surface area contributed by atoms with Crippen LogP contribution in [0.5, 0.6) is 0 Å². The summed E-state index contributed by atoms with van der Waals surface area (Å²) in [6, 6.07) is -4.39. The van der Waals surface area contributed by atoms with Gasteiger partial charge in [-0.2, -0.15) is 0 Å². The van der Waals surface area contributed by atoms with Crippen molar-refractivity contribution < 1.29 is 34.1 Å². The van der Waals surface area contributed by atoms with Crippen molar-refractivity contribution in [3.05, 3.63) is 11.8 Å². The third kappa shape index (κ3) is 6.27. The number of aliphatic hydroxyl groups is 2. The van der Waals surface area contributed by atoms with Crippen LogP contribution in [0.3, 0.4) is 0 Å². The molecule has 13 nitrogen and oxygen atoms in total. The van der Waals surface area contributed by atoms with Gasteiger partial charge < -0.3 is 41.8 Å². The summed E-state index contributed by atoms with van der Waals surface area (Å²) in [5, 5.41) is 39.1. The van der Waals surface area contributed by atoms with Crippen molar-refractivity contribution in [2.45, 2.75) is 44.0 Å². The lowest BCUT2D eigenvalue weighted by Crippen LogP contribution is -2.51. The summed E-state index contributed by atoms with van der Waals surface area (Å²) in [4.78, 5) is 34.0. The highest BCUT2D eigenvalue weighted by Crippen LogP contribution is 2.19. The number of primary amides is 1. The molecule has 4 atom stereocenters. The van der Waals surface area contributed by atoms with Crippen molar-refractivity contribution in [2.24, 2.45) is 11.5 Å². The molecule has 26 heavy (non-hydrogen) atoms. The Morgan fingerprint density at radius 2 is 1.85 bits per heavy atom. The lowest BCUT2D eigenvalue weighted by atomic mass is 10.1. The van der Waals surface area contributed by atoms with Crippen LogP contribution in [0.1, 0.15) is 43.6 Å². The monoisotopic (exact) mass is 374 g/mol. The highest BCUT2D eigenvalue weighted by atomic mass is 16.4. The Balaban J connectivity index is 2.89. The van der Waals surface area contributed by atoms with Crippen molar-refractivity contribution in [1.82, 2.24) is 20.8 Å². The average Bonchev–Trinajstić information content (AvgIpc) is 3.04. The number of nitrogens with zero attached hydrogens (tertiary/aromatic N) is 2. The van der Waals surface area contributed by atoms with Gasteiger partial charge in [0.15, 0.2) is 6.04 Å². The summed E-state index contributed by atoms with van der Waals surface area (Å²) in [7, 11) is 0. The number of nitrogens with one attached hydrogen (secondary N) is 2. The van der Waals surface area contributed by atoms with Crippen LogP contribution in [0.4, 0.5) is 4.79 Å². The maximum absolute atomic E-state index is 12.0. The Hall–Kier alpha value is -2.77. The number of carboxylic acid groups (broad SMARTS) is 1. The molecule has 0 radical (unpaired) electrons. The van der Waals surface area contributed by atoms with Crippen LogP contribution in [0.15, 0.2) is 4.42 Å². The van der Waals surface area contributed by atoms with Crippen LogP contribution >= 0.6 is 0 Å². The van der Waals surface area contributed by atoms with E-state index >= 15 is 0 Å². The van der Waals surface area contributed by atoms with Crippen molar-refractivity contribution >= 4 is 17.9 Å². The summed E-state index contributed by atoms with van der Waals surface area (Å²) in [5.74, 6) is -2.26. The van der Waals surface area contributed by atoms with Crippen LogP contribution in [-0.4, -0.2) is 62.2 Å². The second kappa shape index (κ2) is 9.65. The maximum atomic E-state index is 12.0.